The lowest BCUT2D eigenvalue weighted by molar-refractivity contribution is -0.131. The van der Waals surface area contributed by atoms with Gasteiger partial charge in [-0.3, -0.25) is 4.79 Å². The maximum atomic E-state index is 13.1. The number of anilines is 1. The number of likely N-dealkylation sites (N-methyl/N-ethyl adjacent to an activating group) is 1. The highest BCUT2D eigenvalue weighted by atomic mass is 19.1. The minimum absolute atomic E-state index is 0.177. The van der Waals surface area contributed by atoms with Crippen LogP contribution in [0.4, 0.5) is 10.1 Å². The van der Waals surface area contributed by atoms with Gasteiger partial charge in [0.15, 0.2) is 0 Å². The van der Waals surface area contributed by atoms with E-state index in [1.54, 1.807) is 19.2 Å². The fourth-order valence-electron chi connectivity index (χ4n) is 3.41. The van der Waals surface area contributed by atoms with Gasteiger partial charge in [0.2, 0.25) is 5.91 Å². The second-order valence-electron chi connectivity index (χ2n) is 7.42. The molecule has 2 aromatic rings. The van der Waals surface area contributed by atoms with Crippen LogP contribution in [0.1, 0.15) is 6.42 Å². The molecule has 0 unspecified atom stereocenters. The van der Waals surface area contributed by atoms with E-state index < -0.39 is 0 Å². The van der Waals surface area contributed by atoms with Gasteiger partial charge in [-0.25, -0.2) is 4.39 Å². The predicted octanol–water partition coefficient (Wildman–Crippen LogP) is 2.88. The molecule has 0 radical (unpaired) electrons. The zero-order valence-electron chi connectivity index (χ0n) is 17.7. The molecule has 0 spiro atoms. The summed E-state index contributed by atoms with van der Waals surface area (Å²) >= 11 is 0. The summed E-state index contributed by atoms with van der Waals surface area (Å²) in [6, 6.07) is 14.0. The molecule has 1 fully saturated rings. The summed E-state index contributed by atoms with van der Waals surface area (Å²) in [4.78, 5) is 18.7. The lowest BCUT2D eigenvalue weighted by atomic mass is 10.2. The van der Waals surface area contributed by atoms with Gasteiger partial charge in [0.05, 0.1) is 7.11 Å². The van der Waals surface area contributed by atoms with Crippen molar-refractivity contribution in [2.24, 2.45) is 0 Å². The van der Waals surface area contributed by atoms with Crippen molar-refractivity contribution in [1.29, 1.82) is 0 Å². The zero-order valence-corrected chi connectivity index (χ0v) is 17.7. The number of carbonyl (C=O) groups is 1. The monoisotopic (exact) mass is 415 g/mol. The third-order valence-electron chi connectivity index (χ3n) is 5.33. The van der Waals surface area contributed by atoms with E-state index >= 15 is 0 Å². The van der Waals surface area contributed by atoms with Gasteiger partial charge in [-0.1, -0.05) is 0 Å². The van der Waals surface area contributed by atoms with E-state index in [0.717, 1.165) is 36.8 Å². The summed E-state index contributed by atoms with van der Waals surface area (Å²) in [5, 5.41) is 0. The number of amides is 1. The Kier molecular flexibility index (Phi) is 7.90. The number of carbonyl (C=O) groups excluding carboxylic acids is 1. The minimum Gasteiger partial charge on any atom is -0.497 e. The molecule has 0 aliphatic carbocycles. The van der Waals surface area contributed by atoms with Gasteiger partial charge < -0.3 is 24.2 Å². The molecule has 0 atom stereocenters. The van der Waals surface area contributed by atoms with Gasteiger partial charge in [-0.15, -0.1) is 0 Å². The minimum atomic E-state index is -0.230. The number of nitrogens with zero attached hydrogens (tertiary/aromatic N) is 3. The average molecular weight is 416 g/mol. The molecule has 162 valence electrons. The Labute approximate surface area is 177 Å². The molecule has 7 heteroatoms. The van der Waals surface area contributed by atoms with Crippen LogP contribution >= 0.6 is 0 Å². The predicted molar refractivity (Wildman–Crippen MR) is 116 cm³/mol. The van der Waals surface area contributed by atoms with Crippen molar-refractivity contribution < 1.29 is 18.7 Å². The van der Waals surface area contributed by atoms with Crippen molar-refractivity contribution in [2.45, 2.75) is 6.42 Å². The summed E-state index contributed by atoms with van der Waals surface area (Å²) in [5.41, 5.74) is 1.00. The first-order valence-corrected chi connectivity index (χ1v) is 10.3. The van der Waals surface area contributed by atoms with Gasteiger partial charge in [0.1, 0.15) is 23.9 Å². The van der Waals surface area contributed by atoms with E-state index in [4.69, 9.17) is 9.47 Å². The third-order valence-corrected chi connectivity index (χ3v) is 5.33. The van der Waals surface area contributed by atoms with Gasteiger partial charge in [-0.2, -0.15) is 0 Å². The molecule has 2 aromatic carbocycles. The second kappa shape index (κ2) is 10.8. The fourth-order valence-corrected chi connectivity index (χ4v) is 3.41. The molecule has 1 aliphatic heterocycles. The summed E-state index contributed by atoms with van der Waals surface area (Å²) < 4.78 is 23.9. The highest BCUT2D eigenvalue weighted by molar-refractivity contribution is 5.76. The van der Waals surface area contributed by atoms with Crippen LogP contribution in [0.5, 0.6) is 11.5 Å². The number of hydrogen-bond donors (Lipinski definition) is 0. The zero-order chi connectivity index (χ0) is 21.3. The highest BCUT2D eigenvalue weighted by Crippen LogP contribution is 2.18. The highest BCUT2D eigenvalue weighted by Gasteiger charge is 2.21. The normalized spacial score (nSPS) is 14.1. The van der Waals surface area contributed by atoms with Gasteiger partial charge in [0, 0.05) is 51.4 Å². The van der Waals surface area contributed by atoms with Crippen molar-refractivity contribution in [3.05, 3.63) is 54.3 Å². The SMILES string of the molecule is COc1ccc(OCCN(C)CCC(=O)N2CCN(c3ccc(F)cc3)CC2)cc1. The van der Waals surface area contributed by atoms with Crippen molar-refractivity contribution >= 4 is 11.6 Å². The fraction of sp³-hybridized carbons (Fsp3) is 0.435. The maximum Gasteiger partial charge on any atom is 0.223 e. The smallest absolute Gasteiger partial charge is 0.223 e. The number of methoxy groups -OCH3 is 1. The quantitative estimate of drug-likeness (QED) is 0.630. The van der Waals surface area contributed by atoms with Crippen LogP contribution in [0, 0.1) is 5.82 Å². The molecule has 1 heterocycles. The van der Waals surface area contributed by atoms with Crippen molar-refractivity contribution in [2.75, 3.05) is 64.9 Å². The summed E-state index contributed by atoms with van der Waals surface area (Å²) in [6.45, 7) is 4.93. The molecule has 0 N–H and O–H groups in total. The molecule has 1 aliphatic rings. The van der Waals surface area contributed by atoms with Gasteiger partial charge in [-0.05, 0) is 55.6 Å². The molecule has 0 bridgehead atoms. The maximum absolute atomic E-state index is 13.1. The van der Waals surface area contributed by atoms with E-state index in [2.05, 4.69) is 9.80 Å². The van der Waals surface area contributed by atoms with Crippen LogP contribution in [0.15, 0.2) is 48.5 Å². The third kappa shape index (κ3) is 6.35. The van der Waals surface area contributed by atoms with E-state index in [-0.39, 0.29) is 11.7 Å². The lowest BCUT2D eigenvalue weighted by Crippen LogP contribution is -2.49. The summed E-state index contributed by atoms with van der Waals surface area (Å²) in [5.74, 6) is 1.55. The lowest BCUT2D eigenvalue weighted by Gasteiger charge is -2.36. The molecule has 0 saturated carbocycles. The van der Waals surface area contributed by atoms with E-state index in [1.165, 1.54) is 12.1 Å². The Morgan fingerprint density at radius 1 is 0.967 bits per heavy atom. The number of ether oxygens (including phenoxy) is 2. The molecule has 1 saturated heterocycles. The largest absolute Gasteiger partial charge is 0.497 e. The average Bonchev–Trinajstić information content (AvgIpc) is 2.78. The van der Waals surface area contributed by atoms with Crippen LogP contribution < -0.4 is 14.4 Å². The Morgan fingerprint density at radius 2 is 1.60 bits per heavy atom. The Hall–Kier alpha value is -2.80. The van der Waals surface area contributed by atoms with Gasteiger partial charge in [0.25, 0.3) is 0 Å². The number of piperazine rings is 1. The Bertz CT molecular complexity index is 790. The first-order chi connectivity index (χ1) is 14.5. The molecule has 0 aromatic heterocycles. The van der Waals surface area contributed by atoms with Crippen LogP contribution in [0.2, 0.25) is 0 Å². The van der Waals surface area contributed by atoms with Gasteiger partial charge >= 0.3 is 0 Å². The molecule has 6 nitrogen and oxygen atoms in total. The second-order valence-corrected chi connectivity index (χ2v) is 7.42. The summed E-state index contributed by atoms with van der Waals surface area (Å²) in [6.07, 6.45) is 0.496. The van der Waals surface area contributed by atoms with Crippen LogP contribution in [0.3, 0.4) is 0 Å². The van der Waals surface area contributed by atoms with Crippen LogP contribution in [-0.4, -0.2) is 75.7 Å². The van der Waals surface area contributed by atoms with E-state index in [0.29, 0.717) is 32.7 Å². The van der Waals surface area contributed by atoms with Crippen molar-refractivity contribution in [3.8, 4) is 11.5 Å². The molecule has 3 rings (SSSR count). The Morgan fingerprint density at radius 3 is 2.23 bits per heavy atom. The number of hydrogen-bond acceptors (Lipinski definition) is 5. The number of benzene rings is 2. The topological polar surface area (TPSA) is 45.3 Å². The summed E-state index contributed by atoms with van der Waals surface area (Å²) in [7, 11) is 3.63. The number of halogens is 1. The van der Waals surface area contributed by atoms with Crippen LogP contribution in [-0.2, 0) is 4.79 Å². The van der Waals surface area contributed by atoms with Crippen molar-refractivity contribution in [1.82, 2.24) is 9.80 Å². The molecule has 30 heavy (non-hydrogen) atoms. The standard InChI is InChI=1S/C23H30FN3O3/c1-25(17-18-30-22-9-7-21(29-2)8-10-22)12-11-23(28)27-15-13-26(14-16-27)20-5-3-19(24)4-6-20/h3-10H,11-18H2,1-2H3. The van der Waals surface area contributed by atoms with Crippen molar-refractivity contribution in [3.63, 3.8) is 0 Å². The van der Waals surface area contributed by atoms with Crippen LogP contribution in [0.25, 0.3) is 0 Å². The number of rotatable bonds is 9. The molecular weight excluding hydrogens is 385 g/mol. The first kappa shape index (κ1) is 21.9. The molecular formula is C23H30FN3O3. The van der Waals surface area contributed by atoms with E-state index in [1.807, 2.05) is 36.2 Å². The molecule has 1 amide bonds. The Balaban J connectivity index is 1.32. The van der Waals surface area contributed by atoms with E-state index in [9.17, 15) is 9.18 Å². The first-order valence-electron chi connectivity index (χ1n) is 10.3.